The number of alkyl halides is 1. The van der Waals surface area contributed by atoms with Crippen molar-refractivity contribution in [3.05, 3.63) is 0 Å². The van der Waals surface area contributed by atoms with Crippen molar-refractivity contribution in [2.24, 2.45) is 17.8 Å². The van der Waals surface area contributed by atoms with E-state index in [0.29, 0.717) is 5.92 Å². The average Bonchev–Trinajstić information content (AvgIpc) is 2.97. The summed E-state index contributed by atoms with van der Waals surface area (Å²) in [5.74, 6) is 9.06. The van der Waals surface area contributed by atoms with Crippen molar-refractivity contribution in [1.82, 2.24) is 0 Å². The van der Waals surface area contributed by atoms with Gasteiger partial charge in [-0.15, -0.1) is 11.6 Å². The molecule has 0 heterocycles. The Hall–Kier alpha value is -0.150. The van der Waals surface area contributed by atoms with Gasteiger partial charge in [-0.1, -0.05) is 24.7 Å². The van der Waals surface area contributed by atoms with Gasteiger partial charge in [0, 0.05) is 5.92 Å². The van der Waals surface area contributed by atoms with Crippen LogP contribution in [-0.4, -0.2) is 4.87 Å². The molecule has 0 aliphatic heterocycles. The molecule has 3 aliphatic rings. The van der Waals surface area contributed by atoms with Gasteiger partial charge in [0.25, 0.3) is 0 Å². The second-order valence-corrected chi connectivity index (χ2v) is 5.94. The molecule has 3 atom stereocenters. The van der Waals surface area contributed by atoms with E-state index in [-0.39, 0.29) is 4.87 Å². The molecular formula is C13H17Cl. The topological polar surface area (TPSA) is 0 Å². The normalized spacial score (nSPS) is 45.8. The molecule has 0 aromatic heterocycles. The molecule has 0 saturated heterocycles. The molecule has 0 aromatic carbocycles. The number of hydrogen-bond acceptors (Lipinski definition) is 0. The Morgan fingerprint density at radius 2 is 1.86 bits per heavy atom. The fraction of sp³-hybridized carbons (Fsp3) is 0.846. The second-order valence-electron chi connectivity index (χ2n) is 5.26. The molecule has 3 aliphatic carbocycles. The number of rotatable bonds is 0. The van der Waals surface area contributed by atoms with Gasteiger partial charge in [0.15, 0.2) is 0 Å². The molecule has 3 rings (SSSR count). The fourth-order valence-corrected chi connectivity index (χ4v) is 3.56. The smallest absolute Gasteiger partial charge is 0.105 e. The van der Waals surface area contributed by atoms with Gasteiger partial charge in [-0.2, -0.15) is 0 Å². The van der Waals surface area contributed by atoms with Gasteiger partial charge >= 0.3 is 0 Å². The monoisotopic (exact) mass is 208 g/mol. The molecule has 76 valence electrons. The third-order valence-corrected chi connectivity index (χ3v) is 4.65. The largest absolute Gasteiger partial charge is 0.108 e. The zero-order valence-electron chi connectivity index (χ0n) is 8.56. The fourth-order valence-electron chi connectivity index (χ4n) is 3.02. The van der Waals surface area contributed by atoms with Crippen LogP contribution >= 0.6 is 11.6 Å². The Labute approximate surface area is 91.4 Å². The predicted octanol–water partition coefficient (Wildman–Crippen LogP) is 3.59. The number of hydrogen-bond donors (Lipinski definition) is 0. The summed E-state index contributed by atoms with van der Waals surface area (Å²) in [6.07, 6.45) is 9.32. The van der Waals surface area contributed by atoms with Crippen LogP contribution in [0, 0.1) is 29.6 Å². The molecule has 3 fully saturated rings. The standard InChI is InChI=1S/C13H17Cl/c14-13(8-7-10-5-6-10)9-11-3-1-2-4-12(11)13/h10-12H,1-6,9H2/t11-,12+,13-/m0/s1. The Bertz CT molecular complexity index is 294. The van der Waals surface area contributed by atoms with E-state index >= 15 is 0 Å². The van der Waals surface area contributed by atoms with Crippen LogP contribution in [0.15, 0.2) is 0 Å². The molecule has 0 N–H and O–H groups in total. The highest BCUT2D eigenvalue weighted by atomic mass is 35.5. The van der Waals surface area contributed by atoms with E-state index in [9.17, 15) is 0 Å². The lowest BCUT2D eigenvalue weighted by molar-refractivity contribution is 0.0858. The van der Waals surface area contributed by atoms with Crippen LogP contribution in [0.2, 0.25) is 0 Å². The van der Waals surface area contributed by atoms with Crippen molar-refractivity contribution in [3.8, 4) is 11.8 Å². The van der Waals surface area contributed by atoms with E-state index in [0.717, 1.165) is 11.8 Å². The van der Waals surface area contributed by atoms with E-state index in [2.05, 4.69) is 11.8 Å². The lowest BCUT2D eigenvalue weighted by Gasteiger charge is -2.51. The Morgan fingerprint density at radius 3 is 2.57 bits per heavy atom. The molecule has 14 heavy (non-hydrogen) atoms. The Morgan fingerprint density at radius 1 is 1.07 bits per heavy atom. The van der Waals surface area contributed by atoms with Crippen LogP contribution in [0.1, 0.15) is 44.9 Å². The second kappa shape index (κ2) is 3.17. The van der Waals surface area contributed by atoms with Crippen LogP contribution in [0.3, 0.4) is 0 Å². The van der Waals surface area contributed by atoms with Crippen LogP contribution in [0.4, 0.5) is 0 Å². The summed E-state index contributed by atoms with van der Waals surface area (Å²) in [7, 11) is 0. The first-order chi connectivity index (χ1) is 6.78. The lowest BCUT2D eigenvalue weighted by atomic mass is 9.58. The molecule has 0 aromatic rings. The van der Waals surface area contributed by atoms with Crippen molar-refractivity contribution in [1.29, 1.82) is 0 Å². The minimum absolute atomic E-state index is 0.103. The number of fused-ring (bicyclic) bond motifs is 1. The van der Waals surface area contributed by atoms with Crippen molar-refractivity contribution in [2.45, 2.75) is 49.8 Å². The van der Waals surface area contributed by atoms with Gasteiger partial charge in [-0.3, -0.25) is 0 Å². The molecule has 0 unspecified atom stereocenters. The van der Waals surface area contributed by atoms with Gasteiger partial charge in [0.1, 0.15) is 4.87 Å². The SMILES string of the molecule is Cl[C@@]1(C#CC2CC2)C[C@@H]2CCCC[C@H]21. The van der Waals surface area contributed by atoms with Gasteiger partial charge < -0.3 is 0 Å². The first kappa shape index (κ1) is 9.10. The number of halogens is 1. The van der Waals surface area contributed by atoms with Crippen LogP contribution in [0.5, 0.6) is 0 Å². The van der Waals surface area contributed by atoms with E-state index in [1.165, 1.54) is 44.9 Å². The minimum atomic E-state index is -0.103. The first-order valence-corrected chi connectivity index (χ1v) is 6.37. The summed E-state index contributed by atoms with van der Waals surface area (Å²) in [5, 5.41) is 0. The van der Waals surface area contributed by atoms with E-state index in [4.69, 9.17) is 11.6 Å². The first-order valence-electron chi connectivity index (χ1n) is 5.99. The molecule has 1 heteroatoms. The average molecular weight is 209 g/mol. The van der Waals surface area contributed by atoms with E-state index < -0.39 is 0 Å². The maximum Gasteiger partial charge on any atom is 0.108 e. The molecule has 0 amide bonds. The van der Waals surface area contributed by atoms with Crippen molar-refractivity contribution in [3.63, 3.8) is 0 Å². The Balaban J connectivity index is 1.69. The lowest BCUT2D eigenvalue weighted by Crippen LogP contribution is -2.50. The van der Waals surface area contributed by atoms with Crippen molar-refractivity contribution >= 4 is 11.6 Å². The Kier molecular flexibility index (Phi) is 2.06. The molecule has 0 nitrogen and oxygen atoms in total. The van der Waals surface area contributed by atoms with Crippen LogP contribution in [-0.2, 0) is 0 Å². The van der Waals surface area contributed by atoms with Crippen molar-refractivity contribution in [2.75, 3.05) is 0 Å². The summed E-state index contributed by atoms with van der Waals surface area (Å²) < 4.78 is 0. The third kappa shape index (κ3) is 1.47. The van der Waals surface area contributed by atoms with Crippen molar-refractivity contribution < 1.29 is 0 Å². The highest BCUT2D eigenvalue weighted by Crippen LogP contribution is 2.55. The highest BCUT2D eigenvalue weighted by molar-refractivity contribution is 6.27. The van der Waals surface area contributed by atoms with E-state index in [1.807, 2.05) is 0 Å². The molecular weight excluding hydrogens is 192 g/mol. The zero-order valence-corrected chi connectivity index (χ0v) is 9.32. The minimum Gasteiger partial charge on any atom is -0.105 e. The van der Waals surface area contributed by atoms with E-state index in [1.54, 1.807) is 0 Å². The summed E-state index contributed by atoms with van der Waals surface area (Å²) >= 11 is 6.58. The van der Waals surface area contributed by atoms with Gasteiger partial charge in [-0.05, 0) is 43.9 Å². The molecule has 0 radical (unpaired) electrons. The maximum atomic E-state index is 6.58. The van der Waals surface area contributed by atoms with Gasteiger partial charge in [-0.25, -0.2) is 0 Å². The summed E-state index contributed by atoms with van der Waals surface area (Å²) in [5.41, 5.74) is 0. The quantitative estimate of drug-likeness (QED) is 0.422. The van der Waals surface area contributed by atoms with Gasteiger partial charge in [0.2, 0.25) is 0 Å². The van der Waals surface area contributed by atoms with Gasteiger partial charge in [0.05, 0.1) is 0 Å². The summed E-state index contributed by atoms with van der Waals surface area (Å²) in [6.45, 7) is 0. The van der Waals surface area contributed by atoms with Crippen LogP contribution < -0.4 is 0 Å². The molecule has 0 bridgehead atoms. The molecule has 3 saturated carbocycles. The predicted molar refractivity (Wildman–Crippen MR) is 59.1 cm³/mol. The van der Waals surface area contributed by atoms with Crippen LogP contribution in [0.25, 0.3) is 0 Å². The zero-order chi connectivity index (χ0) is 9.60. The molecule has 0 spiro atoms. The summed E-state index contributed by atoms with van der Waals surface area (Å²) in [4.78, 5) is -0.103. The third-order valence-electron chi connectivity index (χ3n) is 4.12. The summed E-state index contributed by atoms with van der Waals surface area (Å²) in [6, 6.07) is 0. The maximum absolute atomic E-state index is 6.58. The highest BCUT2D eigenvalue weighted by Gasteiger charge is 2.52.